The van der Waals surface area contributed by atoms with Gasteiger partial charge in [0.15, 0.2) is 5.78 Å². The van der Waals surface area contributed by atoms with Crippen LogP contribution in [0.1, 0.15) is 29.3 Å². The quantitative estimate of drug-likeness (QED) is 0.762. The number of benzene rings is 2. The Hall–Kier alpha value is -2.82. The Morgan fingerprint density at radius 3 is 2.42 bits per heavy atom. The Bertz CT molecular complexity index is 724. The molecule has 0 unspecified atom stereocenters. The minimum absolute atomic E-state index is 0.00387. The van der Waals surface area contributed by atoms with E-state index < -0.39 is 0 Å². The van der Waals surface area contributed by atoms with Crippen molar-refractivity contribution in [3.05, 3.63) is 53.6 Å². The fourth-order valence-corrected chi connectivity index (χ4v) is 2.28. The second-order valence-corrected chi connectivity index (χ2v) is 5.56. The van der Waals surface area contributed by atoms with E-state index in [-0.39, 0.29) is 11.7 Å². The summed E-state index contributed by atoms with van der Waals surface area (Å²) in [4.78, 5) is 23.2. The van der Waals surface area contributed by atoms with Crippen LogP contribution in [0.2, 0.25) is 0 Å². The first-order valence-electron chi connectivity index (χ1n) is 7.79. The zero-order chi connectivity index (χ0) is 17.5. The van der Waals surface area contributed by atoms with Gasteiger partial charge in [-0.15, -0.1) is 0 Å². The van der Waals surface area contributed by atoms with Crippen LogP contribution in [0.3, 0.4) is 0 Å². The van der Waals surface area contributed by atoms with Gasteiger partial charge in [-0.05, 0) is 55.8 Å². The molecule has 0 spiro atoms. The van der Waals surface area contributed by atoms with Gasteiger partial charge in [0, 0.05) is 24.2 Å². The number of hydrogen-bond donors (Lipinski definition) is 2. The lowest BCUT2D eigenvalue weighted by molar-refractivity contribution is -0.115. The zero-order valence-corrected chi connectivity index (χ0v) is 14.2. The Labute approximate surface area is 142 Å². The number of carbonyl (C=O) groups is 2. The molecule has 0 saturated carbocycles. The summed E-state index contributed by atoms with van der Waals surface area (Å²) in [5.74, 6) is 0.662. The normalized spacial score (nSPS) is 10.1. The van der Waals surface area contributed by atoms with Gasteiger partial charge in [-0.25, -0.2) is 0 Å². The summed E-state index contributed by atoms with van der Waals surface area (Å²) in [5.41, 5.74) is 3.30. The number of anilines is 2. The lowest BCUT2D eigenvalue weighted by Crippen LogP contribution is -2.16. The van der Waals surface area contributed by atoms with Crippen LogP contribution >= 0.6 is 0 Å². The van der Waals surface area contributed by atoms with E-state index in [1.54, 1.807) is 31.4 Å². The number of ketones is 1. The number of ether oxygens (including phenoxy) is 1. The Balaban J connectivity index is 1.85. The van der Waals surface area contributed by atoms with Crippen molar-refractivity contribution in [3.63, 3.8) is 0 Å². The van der Waals surface area contributed by atoms with Gasteiger partial charge in [0.05, 0.1) is 12.8 Å². The second kappa shape index (κ2) is 8.15. The Kier molecular flexibility index (Phi) is 5.95. The van der Waals surface area contributed by atoms with Gasteiger partial charge < -0.3 is 15.4 Å². The molecule has 0 heterocycles. The minimum atomic E-state index is -0.0929. The summed E-state index contributed by atoms with van der Waals surface area (Å²) >= 11 is 0. The zero-order valence-electron chi connectivity index (χ0n) is 14.2. The summed E-state index contributed by atoms with van der Waals surface area (Å²) in [6.45, 7) is 4.01. The fourth-order valence-electron chi connectivity index (χ4n) is 2.28. The standard InChI is InChI=1S/C19H22N2O3/c1-13-4-9-18(24-3)17(12-13)20-11-10-19(23)21-16-7-5-15(6-8-16)14(2)22/h4-9,12,20H,10-11H2,1-3H3,(H,21,23). The third-order valence-corrected chi connectivity index (χ3v) is 3.60. The van der Waals surface area contributed by atoms with Crippen molar-refractivity contribution < 1.29 is 14.3 Å². The third kappa shape index (κ3) is 4.84. The van der Waals surface area contributed by atoms with Crippen molar-refractivity contribution >= 4 is 23.1 Å². The number of rotatable bonds is 7. The molecule has 2 N–H and O–H groups in total. The largest absolute Gasteiger partial charge is 0.495 e. The van der Waals surface area contributed by atoms with Gasteiger partial charge in [-0.1, -0.05) is 6.07 Å². The second-order valence-electron chi connectivity index (χ2n) is 5.56. The Morgan fingerprint density at radius 1 is 1.08 bits per heavy atom. The van der Waals surface area contributed by atoms with Crippen LogP contribution in [0.4, 0.5) is 11.4 Å². The molecule has 5 heteroatoms. The molecule has 5 nitrogen and oxygen atoms in total. The molecule has 0 saturated heterocycles. The van der Waals surface area contributed by atoms with Crippen molar-refractivity contribution in [2.45, 2.75) is 20.3 Å². The first-order chi connectivity index (χ1) is 11.5. The van der Waals surface area contributed by atoms with E-state index in [4.69, 9.17) is 4.74 Å². The number of amides is 1. The van der Waals surface area contributed by atoms with E-state index in [2.05, 4.69) is 10.6 Å². The number of nitrogens with one attached hydrogen (secondary N) is 2. The molecule has 2 rings (SSSR count). The molecule has 0 aliphatic carbocycles. The molecule has 0 aromatic heterocycles. The lowest BCUT2D eigenvalue weighted by atomic mass is 10.1. The van der Waals surface area contributed by atoms with Crippen LogP contribution in [0, 0.1) is 6.92 Å². The van der Waals surface area contributed by atoms with Gasteiger partial charge in [0.1, 0.15) is 5.75 Å². The van der Waals surface area contributed by atoms with E-state index in [9.17, 15) is 9.59 Å². The lowest BCUT2D eigenvalue weighted by Gasteiger charge is -2.12. The van der Waals surface area contributed by atoms with E-state index in [0.717, 1.165) is 17.0 Å². The number of Topliss-reactive ketones (excluding diaryl/α,β-unsaturated/α-hetero) is 1. The van der Waals surface area contributed by atoms with Crippen LogP contribution in [0.25, 0.3) is 0 Å². The van der Waals surface area contributed by atoms with Gasteiger partial charge in [0.2, 0.25) is 5.91 Å². The number of hydrogen-bond acceptors (Lipinski definition) is 4. The average molecular weight is 326 g/mol. The fraction of sp³-hybridized carbons (Fsp3) is 0.263. The molecule has 0 aliphatic rings. The highest BCUT2D eigenvalue weighted by atomic mass is 16.5. The van der Waals surface area contributed by atoms with Gasteiger partial charge >= 0.3 is 0 Å². The predicted molar refractivity (Wildman–Crippen MR) is 95.9 cm³/mol. The summed E-state index contributed by atoms with van der Waals surface area (Å²) in [7, 11) is 1.62. The Morgan fingerprint density at radius 2 is 1.79 bits per heavy atom. The maximum Gasteiger partial charge on any atom is 0.226 e. The molecule has 2 aromatic carbocycles. The molecule has 0 aliphatic heterocycles. The highest BCUT2D eigenvalue weighted by Gasteiger charge is 2.06. The third-order valence-electron chi connectivity index (χ3n) is 3.60. The monoisotopic (exact) mass is 326 g/mol. The van der Waals surface area contributed by atoms with Crippen LogP contribution in [0.5, 0.6) is 5.75 Å². The van der Waals surface area contributed by atoms with Crippen LogP contribution < -0.4 is 15.4 Å². The smallest absolute Gasteiger partial charge is 0.226 e. The van der Waals surface area contributed by atoms with Crippen molar-refractivity contribution in [1.29, 1.82) is 0 Å². The van der Waals surface area contributed by atoms with E-state index in [1.807, 2.05) is 25.1 Å². The van der Waals surface area contributed by atoms with Crippen LogP contribution in [0.15, 0.2) is 42.5 Å². The first-order valence-corrected chi connectivity index (χ1v) is 7.79. The SMILES string of the molecule is COc1ccc(C)cc1NCCC(=O)Nc1ccc(C(C)=O)cc1. The summed E-state index contributed by atoms with van der Waals surface area (Å²) in [5, 5.41) is 6.03. The van der Waals surface area contributed by atoms with E-state index >= 15 is 0 Å². The summed E-state index contributed by atoms with van der Waals surface area (Å²) < 4.78 is 5.29. The molecule has 0 bridgehead atoms. The van der Waals surface area contributed by atoms with Gasteiger partial charge in [-0.2, -0.15) is 0 Å². The number of carbonyl (C=O) groups excluding carboxylic acids is 2. The maximum atomic E-state index is 12.0. The molecule has 24 heavy (non-hydrogen) atoms. The van der Waals surface area contributed by atoms with Crippen molar-refractivity contribution in [1.82, 2.24) is 0 Å². The molecule has 0 atom stereocenters. The molecule has 0 fully saturated rings. The van der Waals surface area contributed by atoms with Crippen molar-refractivity contribution in [3.8, 4) is 5.75 Å². The van der Waals surface area contributed by atoms with Crippen molar-refractivity contribution in [2.24, 2.45) is 0 Å². The predicted octanol–water partition coefficient (Wildman–Crippen LogP) is 3.65. The van der Waals surface area contributed by atoms with Crippen LogP contribution in [-0.2, 0) is 4.79 Å². The summed E-state index contributed by atoms with van der Waals surface area (Å²) in [6, 6.07) is 12.7. The average Bonchev–Trinajstić information content (AvgIpc) is 2.55. The van der Waals surface area contributed by atoms with Crippen molar-refractivity contribution in [2.75, 3.05) is 24.3 Å². The number of methoxy groups -OCH3 is 1. The molecule has 126 valence electrons. The van der Waals surface area contributed by atoms with Gasteiger partial charge in [0.25, 0.3) is 0 Å². The molecule has 0 radical (unpaired) electrons. The number of aryl methyl sites for hydroxylation is 1. The summed E-state index contributed by atoms with van der Waals surface area (Å²) in [6.07, 6.45) is 0.325. The first kappa shape index (κ1) is 17.5. The molecule has 2 aromatic rings. The minimum Gasteiger partial charge on any atom is -0.495 e. The van der Waals surface area contributed by atoms with E-state index in [0.29, 0.717) is 24.2 Å². The topological polar surface area (TPSA) is 67.4 Å². The van der Waals surface area contributed by atoms with E-state index in [1.165, 1.54) is 6.92 Å². The highest BCUT2D eigenvalue weighted by molar-refractivity contribution is 5.95. The molecular formula is C19H22N2O3. The highest BCUT2D eigenvalue weighted by Crippen LogP contribution is 2.25. The van der Waals surface area contributed by atoms with Gasteiger partial charge in [-0.3, -0.25) is 9.59 Å². The maximum absolute atomic E-state index is 12.0. The van der Waals surface area contributed by atoms with Crippen LogP contribution in [-0.4, -0.2) is 25.3 Å². The molecular weight excluding hydrogens is 304 g/mol. The molecule has 1 amide bonds.